The molecule has 0 radical (unpaired) electrons. The summed E-state index contributed by atoms with van der Waals surface area (Å²) in [5.41, 5.74) is 0.634. The lowest BCUT2D eigenvalue weighted by Crippen LogP contribution is -2.48. The molecule has 1 heterocycles. The first-order chi connectivity index (χ1) is 8.72. The average Bonchev–Trinajstić information content (AvgIpc) is 2.40. The van der Waals surface area contributed by atoms with Crippen LogP contribution in [0.2, 0.25) is 0 Å². The Morgan fingerprint density at radius 3 is 2.94 bits per heavy atom. The number of carbonyl (C=O) groups is 1. The summed E-state index contributed by atoms with van der Waals surface area (Å²) < 4.78 is 13.2. The lowest BCUT2D eigenvalue weighted by molar-refractivity contribution is -0.121. The Hall–Kier alpha value is -1.42. The van der Waals surface area contributed by atoms with Crippen molar-refractivity contribution in [3.05, 3.63) is 30.1 Å². The lowest BCUT2D eigenvalue weighted by Gasteiger charge is -2.29. The lowest BCUT2D eigenvalue weighted by atomic mass is 10.0. The van der Waals surface area contributed by atoms with Crippen LogP contribution in [0.25, 0.3) is 0 Å². The Balaban J connectivity index is 2.14. The van der Waals surface area contributed by atoms with E-state index in [1.54, 1.807) is 17.0 Å². The number of halogens is 1. The smallest absolute Gasteiger partial charge is 0.244 e. The fourth-order valence-corrected chi connectivity index (χ4v) is 2.36. The van der Waals surface area contributed by atoms with Crippen molar-refractivity contribution in [2.24, 2.45) is 0 Å². The number of hydrogen-bond donors (Lipinski definition) is 1. The summed E-state index contributed by atoms with van der Waals surface area (Å²) in [6, 6.07) is 6.08. The van der Waals surface area contributed by atoms with E-state index >= 15 is 0 Å². The summed E-state index contributed by atoms with van der Waals surface area (Å²) in [7, 11) is 0. The van der Waals surface area contributed by atoms with E-state index in [0.717, 1.165) is 25.8 Å². The highest BCUT2D eigenvalue weighted by atomic mass is 19.1. The Morgan fingerprint density at radius 2 is 2.33 bits per heavy atom. The van der Waals surface area contributed by atoms with Crippen LogP contribution in [0.4, 0.5) is 10.1 Å². The van der Waals surface area contributed by atoms with Crippen molar-refractivity contribution in [1.82, 2.24) is 5.32 Å². The molecule has 1 aliphatic rings. The summed E-state index contributed by atoms with van der Waals surface area (Å²) in [5, 5.41) is 3.23. The SMILES string of the molecule is CCN(C(=O)C1CCCCN1)c1cccc(F)c1. The van der Waals surface area contributed by atoms with Crippen LogP contribution < -0.4 is 10.2 Å². The molecule has 98 valence electrons. The normalized spacial score (nSPS) is 19.6. The van der Waals surface area contributed by atoms with Crippen LogP contribution in [0, 0.1) is 5.82 Å². The van der Waals surface area contributed by atoms with Crippen LogP contribution in [0.5, 0.6) is 0 Å². The molecule has 0 aliphatic carbocycles. The Labute approximate surface area is 107 Å². The minimum Gasteiger partial charge on any atom is -0.311 e. The quantitative estimate of drug-likeness (QED) is 0.893. The van der Waals surface area contributed by atoms with Gasteiger partial charge in [-0.1, -0.05) is 12.5 Å². The van der Waals surface area contributed by atoms with Crippen LogP contribution in [0.1, 0.15) is 26.2 Å². The third kappa shape index (κ3) is 2.88. The second-order valence-electron chi connectivity index (χ2n) is 4.56. The van der Waals surface area contributed by atoms with E-state index in [1.165, 1.54) is 12.1 Å². The monoisotopic (exact) mass is 250 g/mol. The van der Waals surface area contributed by atoms with Gasteiger partial charge in [0.25, 0.3) is 0 Å². The summed E-state index contributed by atoms with van der Waals surface area (Å²) in [6.07, 6.45) is 3.06. The van der Waals surface area contributed by atoms with E-state index in [0.29, 0.717) is 12.2 Å². The molecule has 1 N–H and O–H groups in total. The molecule has 1 saturated heterocycles. The first-order valence-electron chi connectivity index (χ1n) is 6.52. The van der Waals surface area contributed by atoms with Gasteiger partial charge in [0.2, 0.25) is 5.91 Å². The van der Waals surface area contributed by atoms with Crippen LogP contribution in [-0.2, 0) is 4.79 Å². The van der Waals surface area contributed by atoms with Crippen molar-refractivity contribution in [2.45, 2.75) is 32.2 Å². The molecule has 1 fully saturated rings. The number of nitrogens with zero attached hydrogens (tertiary/aromatic N) is 1. The minimum absolute atomic E-state index is 0.0443. The van der Waals surface area contributed by atoms with Gasteiger partial charge >= 0.3 is 0 Å². The van der Waals surface area contributed by atoms with Gasteiger partial charge in [0.15, 0.2) is 0 Å². The third-order valence-corrected chi connectivity index (χ3v) is 3.31. The molecule has 3 nitrogen and oxygen atoms in total. The number of carbonyl (C=O) groups excluding carboxylic acids is 1. The highest BCUT2D eigenvalue weighted by Crippen LogP contribution is 2.18. The number of piperidine rings is 1. The van der Waals surface area contributed by atoms with Gasteiger partial charge in [-0.2, -0.15) is 0 Å². The van der Waals surface area contributed by atoms with Gasteiger partial charge in [0, 0.05) is 12.2 Å². The van der Waals surface area contributed by atoms with Crippen LogP contribution in [0.15, 0.2) is 24.3 Å². The standard InChI is InChI=1S/C14H19FN2O/c1-2-17(12-7-5-6-11(15)10-12)14(18)13-8-3-4-9-16-13/h5-7,10,13,16H,2-4,8-9H2,1H3. The van der Waals surface area contributed by atoms with E-state index in [-0.39, 0.29) is 17.8 Å². The zero-order valence-electron chi connectivity index (χ0n) is 10.7. The molecule has 0 aromatic heterocycles. The van der Waals surface area contributed by atoms with Crippen molar-refractivity contribution in [3.63, 3.8) is 0 Å². The van der Waals surface area contributed by atoms with E-state index in [2.05, 4.69) is 5.32 Å². The fraction of sp³-hybridized carbons (Fsp3) is 0.500. The number of nitrogens with one attached hydrogen (secondary N) is 1. The van der Waals surface area contributed by atoms with Gasteiger partial charge in [-0.25, -0.2) is 4.39 Å². The largest absolute Gasteiger partial charge is 0.311 e. The first-order valence-corrected chi connectivity index (χ1v) is 6.52. The molecule has 2 rings (SSSR count). The van der Waals surface area contributed by atoms with Crippen molar-refractivity contribution in [2.75, 3.05) is 18.0 Å². The highest BCUT2D eigenvalue weighted by molar-refractivity contribution is 5.97. The third-order valence-electron chi connectivity index (χ3n) is 3.31. The highest BCUT2D eigenvalue weighted by Gasteiger charge is 2.25. The molecule has 1 unspecified atom stereocenters. The maximum atomic E-state index is 13.2. The van der Waals surface area contributed by atoms with Crippen LogP contribution >= 0.6 is 0 Å². The number of likely N-dealkylation sites (N-methyl/N-ethyl adjacent to an activating group) is 1. The summed E-state index contributed by atoms with van der Waals surface area (Å²) in [4.78, 5) is 14.0. The zero-order valence-corrected chi connectivity index (χ0v) is 10.7. The summed E-state index contributed by atoms with van der Waals surface area (Å²) >= 11 is 0. The number of hydrogen-bond acceptors (Lipinski definition) is 2. The van der Waals surface area contributed by atoms with Gasteiger partial charge < -0.3 is 10.2 Å². The van der Waals surface area contributed by atoms with Gasteiger partial charge in [0.05, 0.1) is 6.04 Å². The van der Waals surface area contributed by atoms with Crippen molar-refractivity contribution in [1.29, 1.82) is 0 Å². The topological polar surface area (TPSA) is 32.3 Å². The van der Waals surface area contributed by atoms with Crippen molar-refractivity contribution in [3.8, 4) is 0 Å². The van der Waals surface area contributed by atoms with Crippen molar-refractivity contribution >= 4 is 11.6 Å². The number of benzene rings is 1. The van der Waals surface area contributed by atoms with E-state index in [4.69, 9.17) is 0 Å². The second-order valence-corrected chi connectivity index (χ2v) is 4.56. The van der Waals surface area contributed by atoms with E-state index < -0.39 is 0 Å². The Bertz CT molecular complexity index is 416. The predicted octanol–water partition coefficient (Wildman–Crippen LogP) is 2.32. The molecule has 1 amide bonds. The predicted molar refractivity (Wildman–Crippen MR) is 70.1 cm³/mol. The molecular formula is C14H19FN2O. The van der Waals surface area contributed by atoms with Gasteiger partial charge in [-0.05, 0) is 44.5 Å². The zero-order chi connectivity index (χ0) is 13.0. The number of anilines is 1. The van der Waals surface area contributed by atoms with Crippen molar-refractivity contribution < 1.29 is 9.18 Å². The molecule has 1 aliphatic heterocycles. The molecule has 0 saturated carbocycles. The molecule has 1 aromatic carbocycles. The fourth-order valence-electron chi connectivity index (χ4n) is 2.36. The van der Waals surface area contributed by atoms with Gasteiger partial charge in [-0.15, -0.1) is 0 Å². The molecule has 0 spiro atoms. The average molecular weight is 250 g/mol. The number of amides is 1. The van der Waals surface area contributed by atoms with Gasteiger partial charge in [-0.3, -0.25) is 4.79 Å². The van der Waals surface area contributed by atoms with E-state index in [9.17, 15) is 9.18 Å². The minimum atomic E-state index is -0.310. The molecule has 0 bridgehead atoms. The molecule has 1 aromatic rings. The maximum Gasteiger partial charge on any atom is 0.244 e. The summed E-state index contributed by atoms with van der Waals surface area (Å²) in [5.74, 6) is -0.266. The molecular weight excluding hydrogens is 231 g/mol. The number of rotatable bonds is 3. The molecule has 18 heavy (non-hydrogen) atoms. The maximum absolute atomic E-state index is 13.2. The molecule has 4 heteroatoms. The van der Waals surface area contributed by atoms with Crippen LogP contribution in [-0.4, -0.2) is 25.0 Å². The molecule has 1 atom stereocenters. The van der Waals surface area contributed by atoms with E-state index in [1.807, 2.05) is 6.92 Å². The van der Waals surface area contributed by atoms with Crippen LogP contribution in [0.3, 0.4) is 0 Å². The summed E-state index contributed by atoms with van der Waals surface area (Å²) in [6.45, 7) is 3.35. The second kappa shape index (κ2) is 5.96. The van der Waals surface area contributed by atoms with Gasteiger partial charge in [0.1, 0.15) is 5.82 Å². The first kappa shape index (κ1) is 13.0. The Kier molecular flexibility index (Phi) is 4.31. The Morgan fingerprint density at radius 1 is 1.50 bits per heavy atom.